The van der Waals surface area contributed by atoms with Crippen molar-refractivity contribution in [1.82, 2.24) is 4.90 Å². The molecule has 0 saturated carbocycles. The largest absolute Gasteiger partial charge is 0.497 e. The molecule has 2 aromatic rings. The summed E-state index contributed by atoms with van der Waals surface area (Å²) in [6.07, 6.45) is 1.78. The van der Waals surface area contributed by atoms with Crippen LogP contribution < -0.4 is 14.2 Å². The second-order valence-electron chi connectivity index (χ2n) is 6.53. The van der Waals surface area contributed by atoms with E-state index in [2.05, 4.69) is 9.73 Å². The van der Waals surface area contributed by atoms with E-state index in [4.69, 9.17) is 14.2 Å². The molecule has 9 heteroatoms. The van der Waals surface area contributed by atoms with Gasteiger partial charge in [-0.1, -0.05) is 6.07 Å². The number of methoxy groups -OCH3 is 3. The Morgan fingerprint density at radius 3 is 2.44 bits per heavy atom. The molecule has 168 valence electrons. The first-order chi connectivity index (χ1) is 15.5. The van der Waals surface area contributed by atoms with Crippen LogP contribution in [0.2, 0.25) is 0 Å². The summed E-state index contributed by atoms with van der Waals surface area (Å²) in [5.41, 5.74) is 1.49. The molecular formula is C23H24N2O6S. The Balaban J connectivity index is 1.83. The molecule has 0 bridgehead atoms. The summed E-state index contributed by atoms with van der Waals surface area (Å²) < 4.78 is 20.5. The van der Waals surface area contributed by atoms with Gasteiger partial charge in [-0.25, -0.2) is 9.79 Å². The standard InChI is InChI=1S/C23H24N2O6S/c1-5-25-22(27)20(32-23(25)24-16-7-9-17(28-2)10-8-16)13-15-6-11-18(19(12-15)29-3)31-14-21(26)30-4/h6-13H,5,14H2,1-4H3/b20-13+,24-23?. The molecule has 0 aliphatic carbocycles. The SMILES string of the molecule is CCN1C(=O)/C(=C\c2ccc(OCC(=O)OC)c(OC)c2)SC1=Nc1ccc(OC)cc1. The van der Waals surface area contributed by atoms with Crippen LogP contribution in [-0.4, -0.2) is 56.4 Å². The average Bonchev–Trinajstić information content (AvgIpc) is 3.11. The molecule has 2 aromatic carbocycles. The van der Waals surface area contributed by atoms with Gasteiger partial charge in [-0.2, -0.15) is 0 Å². The smallest absolute Gasteiger partial charge is 0.343 e. The van der Waals surface area contributed by atoms with E-state index in [1.165, 1.54) is 26.0 Å². The van der Waals surface area contributed by atoms with E-state index in [-0.39, 0.29) is 12.5 Å². The van der Waals surface area contributed by atoms with Crippen molar-refractivity contribution in [3.8, 4) is 17.2 Å². The van der Waals surface area contributed by atoms with Crippen molar-refractivity contribution in [1.29, 1.82) is 0 Å². The summed E-state index contributed by atoms with van der Waals surface area (Å²) in [4.78, 5) is 31.0. The van der Waals surface area contributed by atoms with Crippen molar-refractivity contribution in [3.63, 3.8) is 0 Å². The molecule has 8 nitrogen and oxygen atoms in total. The van der Waals surface area contributed by atoms with Crippen molar-refractivity contribution in [2.24, 2.45) is 4.99 Å². The first-order valence-electron chi connectivity index (χ1n) is 9.80. The predicted octanol–water partition coefficient (Wildman–Crippen LogP) is 3.88. The minimum absolute atomic E-state index is 0.116. The molecule has 1 aliphatic heterocycles. The van der Waals surface area contributed by atoms with Crippen molar-refractivity contribution in [2.45, 2.75) is 6.92 Å². The van der Waals surface area contributed by atoms with Gasteiger partial charge < -0.3 is 18.9 Å². The summed E-state index contributed by atoms with van der Waals surface area (Å²) in [6.45, 7) is 2.18. The molecule has 0 radical (unpaired) electrons. The van der Waals surface area contributed by atoms with Crippen LogP contribution in [0.4, 0.5) is 5.69 Å². The topological polar surface area (TPSA) is 86.7 Å². The number of benzene rings is 2. The van der Waals surface area contributed by atoms with E-state index in [0.29, 0.717) is 28.1 Å². The molecule has 0 spiro atoms. The highest BCUT2D eigenvalue weighted by Crippen LogP contribution is 2.36. The third-order valence-corrected chi connectivity index (χ3v) is 5.57. The number of amides is 1. The number of carbonyl (C=O) groups excluding carboxylic acids is 2. The lowest BCUT2D eigenvalue weighted by molar-refractivity contribution is -0.142. The van der Waals surface area contributed by atoms with E-state index in [1.807, 2.05) is 31.2 Å². The number of amidine groups is 1. The van der Waals surface area contributed by atoms with E-state index >= 15 is 0 Å². The highest BCUT2D eigenvalue weighted by atomic mass is 32.2. The van der Waals surface area contributed by atoms with Crippen LogP contribution in [0.1, 0.15) is 12.5 Å². The van der Waals surface area contributed by atoms with Crippen molar-refractivity contribution < 1.29 is 28.5 Å². The van der Waals surface area contributed by atoms with E-state index in [9.17, 15) is 9.59 Å². The summed E-state index contributed by atoms with van der Waals surface area (Å²) in [5.74, 6) is 0.981. The van der Waals surface area contributed by atoms with Crippen LogP contribution in [0.3, 0.4) is 0 Å². The Bertz CT molecular complexity index is 1050. The summed E-state index contributed by atoms with van der Waals surface area (Å²) in [6, 6.07) is 12.5. The van der Waals surface area contributed by atoms with Gasteiger partial charge in [0.15, 0.2) is 23.3 Å². The normalized spacial score (nSPS) is 15.9. The van der Waals surface area contributed by atoms with Crippen molar-refractivity contribution >= 4 is 40.6 Å². The number of thioether (sulfide) groups is 1. The van der Waals surface area contributed by atoms with Crippen LogP contribution >= 0.6 is 11.8 Å². The highest BCUT2D eigenvalue weighted by Gasteiger charge is 2.32. The molecule has 32 heavy (non-hydrogen) atoms. The van der Waals surface area contributed by atoms with Gasteiger partial charge in [0.1, 0.15) is 5.75 Å². The number of carbonyl (C=O) groups is 2. The second kappa shape index (κ2) is 10.7. The van der Waals surface area contributed by atoms with Gasteiger partial charge in [0, 0.05) is 6.54 Å². The summed E-state index contributed by atoms with van der Waals surface area (Å²) in [5, 5.41) is 0.610. The molecule has 1 heterocycles. The number of aliphatic imine (C=N–C) groups is 1. The Kier molecular flexibility index (Phi) is 7.77. The maximum atomic E-state index is 12.9. The Hall–Kier alpha value is -3.46. The molecule has 1 aliphatic rings. The zero-order chi connectivity index (χ0) is 23.1. The van der Waals surface area contributed by atoms with Gasteiger partial charge in [0.05, 0.1) is 31.9 Å². The molecule has 1 saturated heterocycles. The number of likely N-dealkylation sites (N-methyl/N-ethyl adjacent to an activating group) is 1. The first-order valence-corrected chi connectivity index (χ1v) is 10.6. The number of rotatable bonds is 8. The second-order valence-corrected chi connectivity index (χ2v) is 7.54. The summed E-state index contributed by atoms with van der Waals surface area (Å²) in [7, 11) is 4.40. The van der Waals surface area contributed by atoms with Gasteiger partial charge in [0.2, 0.25) is 0 Å². The maximum absolute atomic E-state index is 12.9. The van der Waals surface area contributed by atoms with Gasteiger partial charge in [-0.15, -0.1) is 0 Å². The fraction of sp³-hybridized carbons (Fsp3) is 0.261. The molecule has 1 amide bonds. The van der Waals surface area contributed by atoms with Crippen LogP contribution in [0.15, 0.2) is 52.4 Å². The van der Waals surface area contributed by atoms with Crippen LogP contribution in [0.25, 0.3) is 6.08 Å². The minimum Gasteiger partial charge on any atom is -0.497 e. The fourth-order valence-corrected chi connectivity index (χ4v) is 3.94. The van der Waals surface area contributed by atoms with E-state index < -0.39 is 5.97 Å². The molecule has 1 fully saturated rings. The molecule has 0 N–H and O–H groups in total. The molecule has 0 unspecified atom stereocenters. The molecule has 0 aromatic heterocycles. The van der Waals surface area contributed by atoms with E-state index in [1.54, 1.807) is 36.3 Å². The van der Waals surface area contributed by atoms with Crippen molar-refractivity contribution in [3.05, 3.63) is 52.9 Å². The molecule has 3 rings (SSSR count). The monoisotopic (exact) mass is 456 g/mol. The van der Waals surface area contributed by atoms with Crippen LogP contribution in [0, 0.1) is 0 Å². The lowest BCUT2D eigenvalue weighted by atomic mass is 10.2. The number of nitrogens with zero attached hydrogens (tertiary/aromatic N) is 2. The lowest BCUT2D eigenvalue weighted by Gasteiger charge is -2.12. The van der Waals surface area contributed by atoms with Gasteiger partial charge in [0.25, 0.3) is 5.91 Å². The highest BCUT2D eigenvalue weighted by molar-refractivity contribution is 8.18. The zero-order valence-electron chi connectivity index (χ0n) is 18.3. The van der Waals surface area contributed by atoms with Gasteiger partial charge >= 0.3 is 5.97 Å². The van der Waals surface area contributed by atoms with Gasteiger partial charge in [-0.3, -0.25) is 9.69 Å². The van der Waals surface area contributed by atoms with Crippen molar-refractivity contribution in [2.75, 3.05) is 34.5 Å². The number of hydrogen-bond acceptors (Lipinski definition) is 8. The number of esters is 1. The first kappa shape index (κ1) is 23.2. The predicted molar refractivity (Wildman–Crippen MR) is 124 cm³/mol. The average molecular weight is 457 g/mol. The Morgan fingerprint density at radius 1 is 1.06 bits per heavy atom. The molecule has 0 atom stereocenters. The van der Waals surface area contributed by atoms with Gasteiger partial charge in [-0.05, 0) is 66.7 Å². The number of ether oxygens (including phenoxy) is 4. The minimum atomic E-state index is -0.491. The number of hydrogen-bond donors (Lipinski definition) is 0. The Labute approximate surface area is 190 Å². The summed E-state index contributed by atoms with van der Waals surface area (Å²) >= 11 is 1.31. The van der Waals surface area contributed by atoms with Crippen LogP contribution in [-0.2, 0) is 14.3 Å². The lowest BCUT2D eigenvalue weighted by Crippen LogP contribution is -2.28. The third-order valence-electron chi connectivity index (χ3n) is 4.56. The maximum Gasteiger partial charge on any atom is 0.343 e. The third kappa shape index (κ3) is 5.42. The fourth-order valence-electron chi connectivity index (χ4n) is 2.88. The quantitative estimate of drug-likeness (QED) is 0.440. The van der Waals surface area contributed by atoms with Crippen LogP contribution in [0.5, 0.6) is 17.2 Å². The molecular weight excluding hydrogens is 432 g/mol. The Morgan fingerprint density at radius 2 is 1.81 bits per heavy atom. The zero-order valence-corrected chi connectivity index (χ0v) is 19.1. The van der Waals surface area contributed by atoms with E-state index in [0.717, 1.165) is 17.0 Å².